The van der Waals surface area contributed by atoms with Gasteiger partial charge in [-0.25, -0.2) is 5.10 Å². The highest BCUT2D eigenvalue weighted by Gasteiger charge is 2.09. The summed E-state index contributed by atoms with van der Waals surface area (Å²) in [6.07, 6.45) is 1.76. The molecule has 1 N–H and O–H groups in total. The molecule has 3 rings (SSSR count). The van der Waals surface area contributed by atoms with E-state index in [2.05, 4.69) is 46.2 Å². The Balaban J connectivity index is 1.84. The van der Waals surface area contributed by atoms with E-state index in [1.807, 2.05) is 43.3 Å². The van der Waals surface area contributed by atoms with Crippen molar-refractivity contribution in [1.29, 1.82) is 0 Å². The summed E-state index contributed by atoms with van der Waals surface area (Å²) >= 11 is 5.35. The molecule has 0 bridgehead atoms. The molecule has 0 amide bonds. The van der Waals surface area contributed by atoms with E-state index in [-0.39, 0.29) is 0 Å². The van der Waals surface area contributed by atoms with Gasteiger partial charge in [0, 0.05) is 24.3 Å². The summed E-state index contributed by atoms with van der Waals surface area (Å²) in [7, 11) is 0. The van der Waals surface area contributed by atoms with E-state index in [0.717, 1.165) is 30.0 Å². The molecule has 7 heteroatoms. The molecule has 0 radical (unpaired) electrons. The number of anilines is 1. The maximum absolute atomic E-state index is 5.47. The van der Waals surface area contributed by atoms with Gasteiger partial charge in [0.15, 0.2) is 5.82 Å². The largest absolute Gasteiger partial charge is 0.494 e. The molecule has 0 spiro atoms. The molecule has 28 heavy (non-hydrogen) atoms. The minimum atomic E-state index is 0.449. The Kier molecular flexibility index (Phi) is 6.60. The van der Waals surface area contributed by atoms with Crippen molar-refractivity contribution in [2.45, 2.75) is 20.8 Å². The number of ether oxygens (including phenoxy) is 1. The van der Waals surface area contributed by atoms with Crippen molar-refractivity contribution < 1.29 is 4.74 Å². The second-order valence-corrected chi connectivity index (χ2v) is 6.52. The lowest BCUT2D eigenvalue weighted by atomic mass is 10.2. The topological polar surface area (TPSA) is 58.4 Å². The van der Waals surface area contributed by atoms with Crippen molar-refractivity contribution in [1.82, 2.24) is 14.9 Å². The molecule has 0 unspecified atom stereocenters. The standard InChI is InChI=1S/C21H25N5OS/c1-4-25(5-2)18-11-9-17(10-12-18)20-23-24-21(28)26(20)22-15-16-7-13-19(14-8-16)27-6-3/h7-15H,4-6H2,1-3H3,(H,24,28). The molecule has 3 aromatic rings. The average Bonchev–Trinajstić information content (AvgIpc) is 3.09. The summed E-state index contributed by atoms with van der Waals surface area (Å²) in [5.41, 5.74) is 3.09. The van der Waals surface area contributed by atoms with Gasteiger partial charge in [-0.3, -0.25) is 0 Å². The van der Waals surface area contributed by atoms with E-state index < -0.39 is 0 Å². The van der Waals surface area contributed by atoms with E-state index in [1.54, 1.807) is 10.9 Å². The Morgan fingerprint density at radius 3 is 2.36 bits per heavy atom. The number of benzene rings is 2. The second kappa shape index (κ2) is 9.32. The maximum atomic E-state index is 5.47. The quantitative estimate of drug-likeness (QED) is 0.442. The molecule has 0 aliphatic heterocycles. The third-order valence-corrected chi connectivity index (χ3v) is 4.68. The minimum Gasteiger partial charge on any atom is -0.494 e. The van der Waals surface area contributed by atoms with Crippen molar-refractivity contribution in [3.05, 3.63) is 58.9 Å². The molecule has 2 aromatic carbocycles. The van der Waals surface area contributed by atoms with Crippen LogP contribution in [-0.4, -0.2) is 40.8 Å². The number of rotatable bonds is 8. The molecule has 6 nitrogen and oxygen atoms in total. The normalized spacial score (nSPS) is 11.1. The predicted octanol–water partition coefficient (Wildman–Crippen LogP) is 4.73. The molecular weight excluding hydrogens is 370 g/mol. The molecule has 0 aliphatic carbocycles. The first kappa shape index (κ1) is 19.8. The first-order chi connectivity index (χ1) is 13.7. The van der Waals surface area contributed by atoms with Crippen LogP contribution in [0.3, 0.4) is 0 Å². The molecule has 0 aliphatic rings. The van der Waals surface area contributed by atoms with Crippen LogP contribution in [0.4, 0.5) is 5.69 Å². The van der Waals surface area contributed by atoms with Gasteiger partial charge in [-0.15, -0.1) is 0 Å². The Morgan fingerprint density at radius 2 is 1.75 bits per heavy atom. The highest BCUT2D eigenvalue weighted by atomic mass is 32.1. The first-order valence-electron chi connectivity index (χ1n) is 9.46. The summed E-state index contributed by atoms with van der Waals surface area (Å²) in [6.45, 7) is 8.86. The number of H-pyrrole nitrogens is 1. The van der Waals surface area contributed by atoms with Crippen molar-refractivity contribution in [2.24, 2.45) is 5.10 Å². The number of hydrogen-bond donors (Lipinski definition) is 1. The Bertz CT molecular complexity index is 969. The molecule has 1 heterocycles. The van der Waals surface area contributed by atoms with Crippen LogP contribution in [0.2, 0.25) is 0 Å². The Labute approximate surface area is 170 Å². The van der Waals surface area contributed by atoms with Crippen LogP contribution in [0.25, 0.3) is 11.4 Å². The number of aromatic amines is 1. The smallest absolute Gasteiger partial charge is 0.216 e. The van der Waals surface area contributed by atoms with Crippen molar-refractivity contribution in [3.63, 3.8) is 0 Å². The predicted molar refractivity (Wildman–Crippen MR) is 117 cm³/mol. The molecule has 146 valence electrons. The Morgan fingerprint density at radius 1 is 1.07 bits per heavy atom. The van der Waals surface area contributed by atoms with Gasteiger partial charge in [0.2, 0.25) is 4.77 Å². The zero-order valence-electron chi connectivity index (χ0n) is 16.4. The molecule has 0 saturated heterocycles. The van der Waals surface area contributed by atoms with Gasteiger partial charge < -0.3 is 9.64 Å². The molecule has 1 aromatic heterocycles. The number of nitrogens with one attached hydrogen (secondary N) is 1. The van der Waals surface area contributed by atoms with Gasteiger partial charge in [-0.2, -0.15) is 14.9 Å². The van der Waals surface area contributed by atoms with Crippen LogP contribution >= 0.6 is 12.2 Å². The molecular formula is C21H25N5OS. The van der Waals surface area contributed by atoms with Gasteiger partial charge >= 0.3 is 0 Å². The van der Waals surface area contributed by atoms with Crippen molar-refractivity contribution in [2.75, 3.05) is 24.6 Å². The van der Waals surface area contributed by atoms with Gasteiger partial charge in [-0.1, -0.05) is 0 Å². The third kappa shape index (κ3) is 4.48. The lowest BCUT2D eigenvalue weighted by molar-refractivity contribution is 0.340. The van der Waals surface area contributed by atoms with Gasteiger partial charge in [-0.05, 0) is 87.1 Å². The van der Waals surface area contributed by atoms with E-state index >= 15 is 0 Å². The highest BCUT2D eigenvalue weighted by molar-refractivity contribution is 7.71. The van der Waals surface area contributed by atoms with Crippen LogP contribution in [0.15, 0.2) is 53.6 Å². The van der Waals surface area contributed by atoms with Crippen LogP contribution in [-0.2, 0) is 0 Å². The summed E-state index contributed by atoms with van der Waals surface area (Å²) in [4.78, 5) is 2.30. The van der Waals surface area contributed by atoms with Crippen molar-refractivity contribution in [3.8, 4) is 17.1 Å². The fourth-order valence-electron chi connectivity index (χ4n) is 2.94. The van der Waals surface area contributed by atoms with Crippen molar-refractivity contribution >= 4 is 24.1 Å². The number of nitrogens with zero attached hydrogens (tertiary/aromatic N) is 4. The van der Waals surface area contributed by atoms with Crippen LogP contribution in [0.1, 0.15) is 26.3 Å². The minimum absolute atomic E-state index is 0.449. The first-order valence-corrected chi connectivity index (χ1v) is 9.87. The molecule has 0 atom stereocenters. The summed E-state index contributed by atoms with van der Waals surface area (Å²) in [6, 6.07) is 16.0. The molecule has 0 fully saturated rings. The second-order valence-electron chi connectivity index (χ2n) is 6.13. The summed E-state index contributed by atoms with van der Waals surface area (Å²) in [5.74, 6) is 1.52. The van der Waals surface area contributed by atoms with Gasteiger partial charge in [0.1, 0.15) is 5.75 Å². The SMILES string of the molecule is CCOc1ccc(C=Nn2c(-c3ccc(N(CC)CC)cc3)n[nH]c2=S)cc1. The zero-order valence-corrected chi connectivity index (χ0v) is 17.2. The summed E-state index contributed by atoms with van der Waals surface area (Å²) in [5, 5.41) is 11.7. The highest BCUT2D eigenvalue weighted by Crippen LogP contribution is 2.22. The Hall–Kier alpha value is -2.93. The lowest BCUT2D eigenvalue weighted by Crippen LogP contribution is -2.21. The van der Waals surface area contributed by atoms with E-state index in [9.17, 15) is 0 Å². The number of hydrogen-bond acceptors (Lipinski definition) is 5. The van der Waals surface area contributed by atoms with E-state index in [0.29, 0.717) is 17.2 Å². The van der Waals surface area contributed by atoms with Gasteiger partial charge in [0.05, 0.1) is 12.8 Å². The third-order valence-electron chi connectivity index (χ3n) is 4.42. The van der Waals surface area contributed by atoms with Gasteiger partial charge in [0.25, 0.3) is 0 Å². The lowest BCUT2D eigenvalue weighted by Gasteiger charge is -2.20. The monoisotopic (exact) mass is 395 g/mol. The zero-order chi connectivity index (χ0) is 19.9. The summed E-state index contributed by atoms with van der Waals surface area (Å²) < 4.78 is 7.55. The van der Waals surface area contributed by atoms with Crippen LogP contribution in [0, 0.1) is 4.77 Å². The fourth-order valence-corrected chi connectivity index (χ4v) is 3.12. The molecule has 0 saturated carbocycles. The van der Waals surface area contributed by atoms with E-state index in [4.69, 9.17) is 17.0 Å². The fraction of sp³-hybridized carbons (Fsp3) is 0.286. The van der Waals surface area contributed by atoms with Crippen LogP contribution in [0.5, 0.6) is 5.75 Å². The van der Waals surface area contributed by atoms with E-state index in [1.165, 1.54) is 5.69 Å². The average molecular weight is 396 g/mol. The maximum Gasteiger partial charge on any atom is 0.216 e. The van der Waals surface area contributed by atoms with Crippen LogP contribution < -0.4 is 9.64 Å². The number of aromatic nitrogens is 3.